The van der Waals surface area contributed by atoms with E-state index in [2.05, 4.69) is 203 Å². The Hall–Kier alpha value is -7.82. The largest absolute Gasteiger partial charge is 0.307 e. The van der Waals surface area contributed by atoms with Crippen molar-refractivity contribution in [2.45, 2.75) is 0 Å². The molecule has 3 aromatic heterocycles. The highest BCUT2D eigenvalue weighted by molar-refractivity contribution is 6.28. The molecule has 0 saturated heterocycles. The Balaban J connectivity index is 1.15. The van der Waals surface area contributed by atoms with E-state index in [0.29, 0.717) is 0 Å². The molecule has 12 aromatic rings. The van der Waals surface area contributed by atoms with Crippen LogP contribution < -0.4 is 0 Å². The Morgan fingerprint density at radius 3 is 1.72 bits per heavy atom. The summed E-state index contributed by atoms with van der Waals surface area (Å²) in [6.45, 7) is 0. The van der Waals surface area contributed by atoms with Crippen LogP contribution in [0.25, 0.3) is 110 Å². The van der Waals surface area contributed by atoms with E-state index in [1.54, 1.807) is 0 Å². The summed E-state index contributed by atoms with van der Waals surface area (Å²) in [6, 6.07) is 73.6. The first-order valence-corrected chi connectivity index (χ1v) is 19.8. The number of hydrogen-bond donors (Lipinski definition) is 0. The second-order valence-electron chi connectivity index (χ2n) is 14.9. The summed E-state index contributed by atoms with van der Waals surface area (Å²) in [6.07, 6.45) is 0. The maximum absolute atomic E-state index is 5.45. The molecule has 0 spiro atoms. The van der Waals surface area contributed by atoms with E-state index in [4.69, 9.17) is 9.97 Å². The molecule has 270 valence electrons. The van der Waals surface area contributed by atoms with E-state index in [1.807, 2.05) is 12.1 Å². The minimum atomic E-state index is 0.861. The van der Waals surface area contributed by atoms with E-state index < -0.39 is 0 Å². The summed E-state index contributed by atoms with van der Waals surface area (Å²) in [4.78, 5) is 10.8. The predicted octanol–water partition coefficient (Wildman–Crippen LogP) is 14.0. The highest BCUT2D eigenvalue weighted by Crippen LogP contribution is 2.44. The van der Waals surface area contributed by atoms with Gasteiger partial charge in [0.1, 0.15) is 0 Å². The second-order valence-corrected chi connectivity index (χ2v) is 14.9. The van der Waals surface area contributed by atoms with E-state index >= 15 is 0 Å². The molecular formula is C54H34N4. The van der Waals surface area contributed by atoms with Gasteiger partial charge in [0, 0.05) is 49.6 Å². The number of fused-ring (bicyclic) bond motifs is 10. The van der Waals surface area contributed by atoms with Crippen molar-refractivity contribution >= 4 is 65.4 Å². The van der Waals surface area contributed by atoms with Crippen LogP contribution in [0, 0.1) is 0 Å². The Kier molecular flexibility index (Phi) is 7.20. The molecular weight excluding hydrogens is 705 g/mol. The zero-order valence-corrected chi connectivity index (χ0v) is 31.4. The first-order chi connectivity index (χ1) is 28.8. The van der Waals surface area contributed by atoms with Gasteiger partial charge in [-0.1, -0.05) is 164 Å². The first-order valence-electron chi connectivity index (χ1n) is 19.8. The van der Waals surface area contributed by atoms with E-state index in [9.17, 15) is 0 Å². The van der Waals surface area contributed by atoms with E-state index in [1.165, 1.54) is 48.9 Å². The van der Waals surface area contributed by atoms with Gasteiger partial charge < -0.3 is 9.13 Å². The summed E-state index contributed by atoms with van der Waals surface area (Å²) < 4.78 is 4.94. The third-order valence-corrected chi connectivity index (χ3v) is 11.7. The molecule has 0 N–H and O–H groups in total. The predicted molar refractivity (Wildman–Crippen MR) is 242 cm³/mol. The van der Waals surface area contributed by atoms with Gasteiger partial charge in [-0.15, -0.1) is 0 Å². The fourth-order valence-corrected chi connectivity index (χ4v) is 9.15. The Morgan fingerprint density at radius 1 is 0.345 bits per heavy atom. The molecule has 0 aliphatic heterocycles. The lowest BCUT2D eigenvalue weighted by atomic mass is 10.0. The molecule has 0 atom stereocenters. The van der Waals surface area contributed by atoms with Crippen molar-refractivity contribution in [3.05, 3.63) is 206 Å². The zero-order valence-electron chi connectivity index (χ0n) is 31.4. The highest BCUT2D eigenvalue weighted by atomic mass is 15.0. The summed E-state index contributed by atoms with van der Waals surface area (Å²) in [7, 11) is 0. The van der Waals surface area contributed by atoms with Gasteiger partial charge in [0.25, 0.3) is 0 Å². The van der Waals surface area contributed by atoms with Crippen molar-refractivity contribution in [1.82, 2.24) is 19.1 Å². The fourth-order valence-electron chi connectivity index (χ4n) is 9.15. The molecule has 0 bridgehead atoms. The Morgan fingerprint density at radius 2 is 0.931 bits per heavy atom. The number of benzene rings is 9. The molecule has 58 heavy (non-hydrogen) atoms. The zero-order chi connectivity index (χ0) is 38.2. The molecule has 0 fully saturated rings. The normalized spacial score (nSPS) is 11.8. The summed E-state index contributed by atoms with van der Waals surface area (Å²) >= 11 is 0. The van der Waals surface area contributed by atoms with Gasteiger partial charge in [-0.2, -0.15) is 0 Å². The lowest BCUT2D eigenvalue weighted by molar-refractivity contribution is 1.15. The lowest BCUT2D eigenvalue weighted by Crippen LogP contribution is -1.99. The van der Waals surface area contributed by atoms with Crippen LogP contribution in [0.1, 0.15) is 0 Å². The molecule has 0 radical (unpaired) electrons. The maximum atomic E-state index is 5.45. The van der Waals surface area contributed by atoms with Crippen LogP contribution in [-0.2, 0) is 0 Å². The van der Waals surface area contributed by atoms with Crippen LogP contribution in [0.5, 0.6) is 0 Å². The van der Waals surface area contributed by atoms with Crippen molar-refractivity contribution in [3.8, 4) is 45.0 Å². The van der Waals surface area contributed by atoms with Gasteiger partial charge in [0.05, 0.1) is 44.5 Å². The molecule has 0 aliphatic carbocycles. The quantitative estimate of drug-likeness (QED) is 0.176. The maximum Gasteiger partial charge on any atom is 0.0973 e. The molecule has 4 nitrogen and oxygen atoms in total. The highest BCUT2D eigenvalue weighted by Gasteiger charge is 2.23. The minimum Gasteiger partial charge on any atom is -0.307 e. The fraction of sp³-hybridized carbons (Fsp3) is 0. The van der Waals surface area contributed by atoms with E-state index in [0.717, 1.165) is 61.6 Å². The van der Waals surface area contributed by atoms with Gasteiger partial charge >= 0.3 is 0 Å². The molecule has 0 aliphatic rings. The molecule has 9 aromatic carbocycles. The van der Waals surface area contributed by atoms with Gasteiger partial charge in [0.15, 0.2) is 0 Å². The Bertz CT molecular complexity index is 3550. The molecule has 3 heterocycles. The van der Waals surface area contributed by atoms with Gasteiger partial charge in [0.2, 0.25) is 0 Å². The number of para-hydroxylation sites is 3. The topological polar surface area (TPSA) is 35.6 Å². The second kappa shape index (κ2) is 12.9. The SMILES string of the molecule is c1ccc(-c2nc3cccc(-c4cccc(-n5c6ccccc6c6ccc7c8c9ccccc9ccc8n(-c8ccccc8)c7c65)c4)c3nc2-c2ccccc2)cc1. The summed E-state index contributed by atoms with van der Waals surface area (Å²) in [5, 5.41) is 7.43. The van der Waals surface area contributed by atoms with Crippen molar-refractivity contribution in [2.24, 2.45) is 0 Å². The van der Waals surface area contributed by atoms with Crippen LogP contribution in [0.15, 0.2) is 206 Å². The van der Waals surface area contributed by atoms with Crippen molar-refractivity contribution in [1.29, 1.82) is 0 Å². The number of nitrogens with zero attached hydrogens (tertiary/aromatic N) is 4. The van der Waals surface area contributed by atoms with Gasteiger partial charge in [-0.3, -0.25) is 0 Å². The molecule has 0 unspecified atom stereocenters. The number of aromatic nitrogens is 4. The Labute approximate surface area is 334 Å². The van der Waals surface area contributed by atoms with Crippen LogP contribution in [-0.4, -0.2) is 19.1 Å². The smallest absolute Gasteiger partial charge is 0.0973 e. The average Bonchev–Trinajstić information content (AvgIpc) is 3.83. The summed E-state index contributed by atoms with van der Waals surface area (Å²) in [5.74, 6) is 0. The standard InChI is InChI=1S/C54H34N4/c1-4-17-36(18-5-1)50-51(37-19-6-2-7-20-37)56-52-42(27-15-28-46(52)55-50)38-21-14-24-40(34-38)58-47-29-13-12-26-43(47)44-31-32-45-49-41-25-11-10-16-35(41)30-33-48(49)57(54(45)53(44)58)39-22-8-3-9-23-39/h1-34H. The molecule has 0 amide bonds. The molecule has 0 saturated carbocycles. The van der Waals surface area contributed by atoms with Crippen molar-refractivity contribution in [3.63, 3.8) is 0 Å². The summed E-state index contributed by atoms with van der Waals surface area (Å²) in [5.41, 5.74) is 14.6. The molecule has 12 rings (SSSR count). The third-order valence-electron chi connectivity index (χ3n) is 11.7. The average molecular weight is 739 g/mol. The minimum absolute atomic E-state index is 0.861. The monoisotopic (exact) mass is 738 g/mol. The van der Waals surface area contributed by atoms with Crippen LogP contribution >= 0.6 is 0 Å². The van der Waals surface area contributed by atoms with Crippen LogP contribution in [0.3, 0.4) is 0 Å². The number of hydrogen-bond acceptors (Lipinski definition) is 2. The molecule has 4 heteroatoms. The van der Waals surface area contributed by atoms with Gasteiger partial charge in [-0.05, 0) is 58.8 Å². The third kappa shape index (κ3) is 4.88. The van der Waals surface area contributed by atoms with Crippen LogP contribution in [0.2, 0.25) is 0 Å². The van der Waals surface area contributed by atoms with Gasteiger partial charge in [-0.25, -0.2) is 9.97 Å². The van der Waals surface area contributed by atoms with Crippen molar-refractivity contribution in [2.75, 3.05) is 0 Å². The lowest BCUT2D eigenvalue weighted by Gasteiger charge is -2.15. The number of rotatable bonds is 5. The van der Waals surface area contributed by atoms with Crippen molar-refractivity contribution < 1.29 is 0 Å². The first kappa shape index (κ1) is 32.4. The van der Waals surface area contributed by atoms with E-state index in [-0.39, 0.29) is 0 Å². The van der Waals surface area contributed by atoms with Crippen LogP contribution in [0.4, 0.5) is 0 Å².